The minimum atomic E-state index is -1.05. The zero-order valence-electron chi connectivity index (χ0n) is 12.7. The maximum absolute atomic E-state index is 12.2. The van der Waals surface area contributed by atoms with Gasteiger partial charge in [-0.15, -0.1) is 0 Å². The molecule has 1 aliphatic rings. The molecule has 1 aliphatic carbocycles. The minimum absolute atomic E-state index is 0.0372. The Morgan fingerprint density at radius 2 is 2.00 bits per heavy atom. The van der Waals surface area contributed by atoms with Crippen LogP contribution in [0.25, 0.3) is 0 Å². The van der Waals surface area contributed by atoms with Crippen LogP contribution in [0.2, 0.25) is 0 Å². The number of guanidine groups is 1. The molecule has 0 saturated heterocycles. The molecule has 7 heteroatoms. The Balaban J connectivity index is 1.84. The van der Waals surface area contributed by atoms with Crippen molar-refractivity contribution in [2.45, 2.75) is 25.7 Å². The summed E-state index contributed by atoms with van der Waals surface area (Å²) in [6.45, 7) is 0.651. The van der Waals surface area contributed by atoms with Gasteiger partial charge in [-0.3, -0.25) is 10.2 Å². The molecule has 0 heterocycles. The van der Waals surface area contributed by atoms with E-state index in [2.05, 4.69) is 5.32 Å². The molecule has 0 amide bonds. The molecule has 124 valence electrons. The number of carbonyl (C=O) groups is 2. The molecule has 1 aromatic rings. The standard InChI is InChI=1S/C16H21N3O4/c17-16(18)19-9-10-4-6-11(7-5-10)15(22)23-13-3-1-2-12(8-13)14(20)21/h1-3,8,10-11H,4-7,9H2,(H,20,21)(H4,17,18,19)/t10-,11-. The van der Waals surface area contributed by atoms with Crippen LogP contribution >= 0.6 is 0 Å². The predicted octanol–water partition coefficient (Wildman–Crippen LogP) is 1.58. The monoisotopic (exact) mass is 319 g/mol. The van der Waals surface area contributed by atoms with E-state index in [4.69, 9.17) is 21.0 Å². The van der Waals surface area contributed by atoms with Crippen LogP contribution < -0.4 is 15.8 Å². The van der Waals surface area contributed by atoms with Crippen molar-refractivity contribution in [3.8, 4) is 5.75 Å². The highest BCUT2D eigenvalue weighted by molar-refractivity contribution is 5.88. The number of ether oxygens (including phenoxy) is 1. The first kappa shape index (κ1) is 16.8. The number of carboxylic acids is 1. The molecule has 1 saturated carbocycles. The highest BCUT2D eigenvalue weighted by Crippen LogP contribution is 2.29. The summed E-state index contributed by atoms with van der Waals surface area (Å²) in [7, 11) is 0. The molecule has 0 radical (unpaired) electrons. The van der Waals surface area contributed by atoms with Gasteiger partial charge in [0.2, 0.25) is 0 Å². The number of hydrogen-bond donors (Lipinski definition) is 4. The van der Waals surface area contributed by atoms with Gasteiger partial charge >= 0.3 is 11.9 Å². The molecule has 0 bridgehead atoms. The Morgan fingerprint density at radius 1 is 1.30 bits per heavy atom. The quantitative estimate of drug-likeness (QED) is 0.282. The van der Waals surface area contributed by atoms with Crippen molar-refractivity contribution in [3.05, 3.63) is 29.8 Å². The van der Waals surface area contributed by atoms with Crippen molar-refractivity contribution >= 4 is 17.9 Å². The third kappa shape index (κ3) is 4.98. The van der Waals surface area contributed by atoms with Gasteiger partial charge in [-0.1, -0.05) is 6.07 Å². The maximum atomic E-state index is 12.2. The van der Waals surface area contributed by atoms with Crippen LogP contribution in [0.4, 0.5) is 0 Å². The third-order valence-corrected chi connectivity index (χ3v) is 4.06. The van der Waals surface area contributed by atoms with Gasteiger partial charge in [0.15, 0.2) is 5.96 Å². The fourth-order valence-electron chi connectivity index (χ4n) is 2.75. The number of nitrogens with one attached hydrogen (secondary N) is 2. The highest BCUT2D eigenvalue weighted by Gasteiger charge is 2.27. The summed E-state index contributed by atoms with van der Waals surface area (Å²) in [4.78, 5) is 23.1. The molecule has 0 atom stereocenters. The summed E-state index contributed by atoms with van der Waals surface area (Å²) in [5.74, 6) is -0.914. The summed E-state index contributed by atoms with van der Waals surface area (Å²) in [5.41, 5.74) is 5.35. The van der Waals surface area contributed by atoms with Crippen molar-refractivity contribution in [1.82, 2.24) is 5.32 Å². The SMILES string of the molecule is N=C(N)NC[C@H]1CC[C@H](C(=O)Oc2cccc(C(=O)O)c2)CC1. The fraction of sp³-hybridized carbons (Fsp3) is 0.438. The van der Waals surface area contributed by atoms with Crippen molar-refractivity contribution in [1.29, 1.82) is 5.41 Å². The average Bonchev–Trinajstić information content (AvgIpc) is 2.53. The first-order valence-electron chi connectivity index (χ1n) is 7.58. The van der Waals surface area contributed by atoms with Gasteiger partial charge in [-0.25, -0.2) is 4.79 Å². The molecule has 5 N–H and O–H groups in total. The van der Waals surface area contributed by atoms with Crippen LogP contribution in [-0.4, -0.2) is 29.5 Å². The topological polar surface area (TPSA) is 126 Å². The van der Waals surface area contributed by atoms with E-state index in [0.717, 1.165) is 25.7 Å². The third-order valence-electron chi connectivity index (χ3n) is 4.06. The number of benzene rings is 1. The highest BCUT2D eigenvalue weighted by atomic mass is 16.5. The van der Waals surface area contributed by atoms with Crippen molar-refractivity contribution in [3.63, 3.8) is 0 Å². The number of aromatic carboxylic acids is 1. The molecule has 0 aromatic heterocycles. The zero-order valence-corrected chi connectivity index (χ0v) is 12.7. The zero-order chi connectivity index (χ0) is 16.8. The smallest absolute Gasteiger partial charge is 0.335 e. The first-order valence-corrected chi connectivity index (χ1v) is 7.58. The maximum Gasteiger partial charge on any atom is 0.335 e. The van der Waals surface area contributed by atoms with Crippen LogP contribution in [0.15, 0.2) is 24.3 Å². The van der Waals surface area contributed by atoms with E-state index in [9.17, 15) is 9.59 Å². The van der Waals surface area contributed by atoms with Gasteiger partial charge < -0.3 is 20.9 Å². The summed E-state index contributed by atoms with van der Waals surface area (Å²) < 4.78 is 5.31. The molecule has 1 aromatic carbocycles. The van der Waals surface area contributed by atoms with Crippen LogP contribution in [-0.2, 0) is 4.79 Å². The van der Waals surface area contributed by atoms with Crippen molar-refractivity contribution in [2.24, 2.45) is 17.6 Å². The molecule has 7 nitrogen and oxygen atoms in total. The largest absolute Gasteiger partial charge is 0.478 e. The summed E-state index contributed by atoms with van der Waals surface area (Å²) in [6.07, 6.45) is 3.19. The van der Waals surface area contributed by atoms with E-state index < -0.39 is 5.97 Å². The Morgan fingerprint density at radius 3 is 2.61 bits per heavy atom. The Kier molecular flexibility index (Phi) is 5.56. The second-order valence-electron chi connectivity index (χ2n) is 5.77. The lowest BCUT2D eigenvalue weighted by atomic mass is 9.82. The van der Waals surface area contributed by atoms with Gasteiger partial charge in [-0.2, -0.15) is 0 Å². The van der Waals surface area contributed by atoms with E-state index >= 15 is 0 Å². The molecule has 0 aliphatic heterocycles. The van der Waals surface area contributed by atoms with Gasteiger partial charge in [0.1, 0.15) is 5.75 Å². The lowest BCUT2D eigenvalue weighted by Crippen LogP contribution is -2.36. The van der Waals surface area contributed by atoms with E-state index in [0.29, 0.717) is 12.5 Å². The lowest BCUT2D eigenvalue weighted by molar-refractivity contribution is -0.140. The van der Waals surface area contributed by atoms with Gasteiger partial charge in [-0.05, 0) is 49.8 Å². The normalized spacial score (nSPS) is 20.5. The van der Waals surface area contributed by atoms with E-state index in [-0.39, 0.29) is 29.2 Å². The fourth-order valence-corrected chi connectivity index (χ4v) is 2.75. The van der Waals surface area contributed by atoms with Crippen LogP contribution in [0, 0.1) is 17.2 Å². The van der Waals surface area contributed by atoms with Crippen molar-refractivity contribution in [2.75, 3.05) is 6.54 Å². The summed E-state index contributed by atoms with van der Waals surface area (Å²) in [6, 6.07) is 5.93. The molecular weight excluding hydrogens is 298 g/mol. The second kappa shape index (κ2) is 7.62. The average molecular weight is 319 g/mol. The second-order valence-corrected chi connectivity index (χ2v) is 5.77. The Bertz CT molecular complexity index is 595. The van der Waals surface area contributed by atoms with Gasteiger partial charge in [0.25, 0.3) is 0 Å². The number of carbonyl (C=O) groups excluding carboxylic acids is 1. The molecule has 2 rings (SSSR count). The number of esters is 1. The summed E-state index contributed by atoms with van der Waals surface area (Å²) in [5, 5.41) is 18.9. The van der Waals surface area contributed by atoms with E-state index in [1.165, 1.54) is 12.1 Å². The van der Waals surface area contributed by atoms with Crippen LogP contribution in [0.1, 0.15) is 36.0 Å². The minimum Gasteiger partial charge on any atom is -0.478 e. The molecular formula is C16H21N3O4. The molecule has 23 heavy (non-hydrogen) atoms. The Labute approximate surface area is 134 Å². The van der Waals surface area contributed by atoms with Crippen molar-refractivity contribution < 1.29 is 19.4 Å². The molecule has 0 unspecified atom stereocenters. The predicted molar refractivity (Wildman–Crippen MR) is 84.4 cm³/mol. The summed E-state index contributed by atoms with van der Waals surface area (Å²) >= 11 is 0. The number of rotatable bonds is 5. The number of nitrogens with two attached hydrogens (primary N) is 1. The first-order chi connectivity index (χ1) is 11.0. The van der Waals surface area contributed by atoms with Crippen LogP contribution in [0.5, 0.6) is 5.75 Å². The number of carboxylic acid groups (broad SMARTS) is 1. The van der Waals surface area contributed by atoms with E-state index in [1.807, 2.05) is 0 Å². The molecule has 1 fully saturated rings. The van der Waals surface area contributed by atoms with Gasteiger partial charge in [0, 0.05) is 6.54 Å². The lowest BCUT2D eigenvalue weighted by Gasteiger charge is -2.27. The Hall–Kier alpha value is -2.57. The van der Waals surface area contributed by atoms with Gasteiger partial charge in [0.05, 0.1) is 11.5 Å². The van der Waals surface area contributed by atoms with E-state index in [1.54, 1.807) is 12.1 Å². The number of hydrogen-bond acceptors (Lipinski definition) is 4. The van der Waals surface area contributed by atoms with Crippen LogP contribution in [0.3, 0.4) is 0 Å². The molecule has 0 spiro atoms.